The molecule has 1 atom stereocenters. The second-order valence-corrected chi connectivity index (χ2v) is 6.66. The number of anilines is 2. The molecule has 3 N–H and O–H groups in total. The van der Waals surface area contributed by atoms with Gasteiger partial charge in [0.05, 0.1) is 0 Å². The van der Waals surface area contributed by atoms with Gasteiger partial charge in [0.15, 0.2) is 0 Å². The fraction of sp³-hybridized carbons (Fsp3) is 0.611. The summed E-state index contributed by atoms with van der Waals surface area (Å²) in [6.45, 7) is 8.26. The highest BCUT2D eigenvalue weighted by atomic mass is 16.3. The fourth-order valence-electron chi connectivity index (χ4n) is 2.96. The number of hydrogen-bond donors (Lipinski definition) is 3. The van der Waals surface area contributed by atoms with Crippen LogP contribution in [0.15, 0.2) is 18.2 Å². The first-order chi connectivity index (χ1) is 11.0. The zero-order chi connectivity index (χ0) is 16.9. The number of nitrogens with zero attached hydrogens (tertiary/aromatic N) is 1. The van der Waals surface area contributed by atoms with Gasteiger partial charge in [-0.25, -0.2) is 4.79 Å². The Morgan fingerprint density at radius 1 is 1.35 bits per heavy atom. The number of rotatable bonds is 6. The summed E-state index contributed by atoms with van der Waals surface area (Å²) in [6, 6.07) is 5.95. The number of benzene rings is 1. The summed E-state index contributed by atoms with van der Waals surface area (Å²) in [7, 11) is 0. The molecule has 2 rings (SSSR count). The number of carbonyl (C=O) groups is 1. The molecule has 23 heavy (non-hydrogen) atoms. The largest absolute Gasteiger partial charge is 0.396 e. The molecule has 1 fully saturated rings. The van der Waals surface area contributed by atoms with Gasteiger partial charge in [0, 0.05) is 36.6 Å². The van der Waals surface area contributed by atoms with E-state index in [4.69, 9.17) is 5.11 Å². The van der Waals surface area contributed by atoms with Crippen LogP contribution in [0.3, 0.4) is 0 Å². The molecule has 1 aliphatic heterocycles. The number of hydrogen-bond acceptors (Lipinski definition) is 3. The topological polar surface area (TPSA) is 64.6 Å². The number of aliphatic hydroxyl groups excluding tert-OH is 1. The van der Waals surface area contributed by atoms with Gasteiger partial charge in [-0.3, -0.25) is 0 Å². The average Bonchev–Trinajstić information content (AvgIpc) is 3.03. The van der Waals surface area contributed by atoms with E-state index >= 15 is 0 Å². The van der Waals surface area contributed by atoms with Gasteiger partial charge in [0.2, 0.25) is 0 Å². The van der Waals surface area contributed by atoms with E-state index < -0.39 is 0 Å². The minimum Gasteiger partial charge on any atom is -0.396 e. The van der Waals surface area contributed by atoms with Crippen molar-refractivity contribution < 1.29 is 9.90 Å². The second-order valence-electron chi connectivity index (χ2n) is 6.66. The maximum Gasteiger partial charge on any atom is 0.319 e. The van der Waals surface area contributed by atoms with E-state index in [-0.39, 0.29) is 18.2 Å². The van der Waals surface area contributed by atoms with Crippen molar-refractivity contribution in [1.82, 2.24) is 5.32 Å². The lowest BCUT2D eigenvalue weighted by Crippen LogP contribution is -2.48. The third-order valence-electron chi connectivity index (χ3n) is 4.79. The third-order valence-corrected chi connectivity index (χ3v) is 4.79. The van der Waals surface area contributed by atoms with E-state index in [1.54, 1.807) is 0 Å². The van der Waals surface area contributed by atoms with Gasteiger partial charge in [-0.2, -0.15) is 0 Å². The predicted octanol–water partition coefficient (Wildman–Crippen LogP) is 3.27. The molecular formula is C18H29N3O2. The number of aliphatic hydroxyl groups is 1. The Labute approximate surface area is 139 Å². The van der Waals surface area contributed by atoms with Crippen molar-refractivity contribution in [3.63, 3.8) is 0 Å². The van der Waals surface area contributed by atoms with E-state index in [1.807, 2.05) is 26.8 Å². The van der Waals surface area contributed by atoms with E-state index in [9.17, 15) is 4.79 Å². The van der Waals surface area contributed by atoms with E-state index in [2.05, 4.69) is 27.7 Å². The van der Waals surface area contributed by atoms with Gasteiger partial charge in [-0.05, 0) is 63.3 Å². The Hall–Kier alpha value is -1.75. The first-order valence-corrected chi connectivity index (χ1v) is 8.53. The number of urea groups is 1. The molecule has 2 amide bonds. The number of amides is 2. The Morgan fingerprint density at radius 3 is 2.61 bits per heavy atom. The summed E-state index contributed by atoms with van der Waals surface area (Å²) < 4.78 is 0. The molecule has 1 heterocycles. The van der Waals surface area contributed by atoms with Crippen LogP contribution in [0.4, 0.5) is 16.2 Å². The van der Waals surface area contributed by atoms with Crippen LogP contribution in [0.25, 0.3) is 0 Å². The van der Waals surface area contributed by atoms with Crippen LogP contribution in [0.1, 0.15) is 45.1 Å². The van der Waals surface area contributed by atoms with Crippen molar-refractivity contribution in [2.45, 2.75) is 52.0 Å². The van der Waals surface area contributed by atoms with Crippen LogP contribution in [0.5, 0.6) is 0 Å². The molecule has 0 radical (unpaired) electrons. The highest BCUT2D eigenvalue weighted by Gasteiger charge is 2.23. The fourth-order valence-corrected chi connectivity index (χ4v) is 2.96. The minimum atomic E-state index is -0.387. The highest BCUT2D eigenvalue weighted by molar-refractivity contribution is 5.90. The summed E-state index contributed by atoms with van der Waals surface area (Å²) in [6.07, 6.45) is 3.82. The number of nitrogens with one attached hydrogen (secondary N) is 2. The predicted molar refractivity (Wildman–Crippen MR) is 95.2 cm³/mol. The van der Waals surface area contributed by atoms with Gasteiger partial charge in [-0.1, -0.05) is 6.92 Å². The zero-order valence-electron chi connectivity index (χ0n) is 14.5. The average molecular weight is 319 g/mol. The van der Waals surface area contributed by atoms with Gasteiger partial charge in [0.25, 0.3) is 0 Å². The Balaban J connectivity index is 2.00. The number of carbonyl (C=O) groups excluding carboxylic acids is 1. The SMILES string of the molecule is CCC(C)(CCO)NC(=O)Nc1ccc(N2CCCC2)cc1C. The van der Waals surface area contributed by atoms with Gasteiger partial charge >= 0.3 is 6.03 Å². The lowest BCUT2D eigenvalue weighted by Gasteiger charge is -2.29. The summed E-state index contributed by atoms with van der Waals surface area (Å²) in [5, 5.41) is 15.0. The molecule has 0 saturated carbocycles. The molecule has 1 aliphatic rings. The first kappa shape index (κ1) is 17.6. The first-order valence-electron chi connectivity index (χ1n) is 8.53. The molecule has 128 valence electrons. The van der Waals surface area contributed by atoms with Gasteiger partial charge in [-0.15, -0.1) is 0 Å². The van der Waals surface area contributed by atoms with Crippen molar-refractivity contribution >= 4 is 17.4 Å². The molecule has 5 heteroatoms. The molecule has 1 unspecified atom stereocenters. The van der Waals surface area contributed by atoms with Crippen LogP contribution in [0, 0.1) is 6.92 Å². The van der Waals surface area contributed by atoms with E-state index in [0.29, 0.717) is 6.42 Å². The highest BCUT2D eigenvalue weighted by Crippen LogP contribution is 2.25. The minimum absolute atomic E-state index is 0.0637. The second kappa shape index (κ2) is 7.68. The van der Waals surface area contributed by atoms with Crippen LogP contribution in [-0.2, 0) is 0 Å². The van der Waals surface area contributed by atoms with Crippen molar-refractivity contribution in [1.29, 1.82) is 0 Å². The summed E-state index contributed by atoms with van der Waals surface area (Å²) in [5.74, 6) is 0. The van der Waals surface area contributed by atoms with Crippen LogP contribution in [-0.4, -0.2) is 36.4 Å². The summed E-state index contributed by atoms with van der Waals surface area (Å²) >= 11 is 0. The van der Waals surface area contributed by atoms with Crippen LogP contribution in [0.2, 0.25) is 0 Å². The van der Waals surface area contributed by atoms with Crippen molar-refractivity contribution in [3.05, 3.63) is 23.8 Å². The van der Waals surface area contributed by atoms with Crippen molar-refractivity contribution in [2.24, 2.45) is 0 Å². The standard InChI is InChI=1S/C18H29N3O2/c1-4-18(3,9-12-22)20-17(23)19-16-8-7-15(13-14(16)2)21-10-5-6-11-21/h7-8,13,22H,4-6,9-12H2,1-3H3,(H2,19,20,23). The molecule has 0 bridgehead atoms. The smallest absolute Gasteiger partial charge is 0.319 e. The summed E-state index contributed by atoms with van der Waals surface area (Å²) in [4.78, 5) is 14.6. The Morgan fingerprint density at radius 2 is 2.04 bits per heavy atom. The van der Waals surface area contributed by atoms with Gasteiger partial charge in [0.1, 0.15) is 0 Å². The van der Waals surface area contributed by atoms with Crippen molar-refractivity contribution in [2.75, 3.05) is 29.9 Å². The number of aryl methyl sites for hydroxylation is 1. The molecule has 0 aliphatic carbocycles. The lowest BCUT2D eigenvalue weighted by molar-refractivity contribution is 0.208. The maximum atomic E-state index is 12.2. The van der Waals surface area contributed by atoms with Crippen molar-refractivity contribution in [3.8, 4) is 0 Å². The molecule has 5 nitrogen and oxygen atoms in total. The van der Waals surface area contributed by atoms with E-state index in [1.165, 1.54) is 18.5 Å². The van der Waals surface area contributed by atoms with Gasteiger partial charge < -0.3 is 20.6 Å². The summed E-state index contributed by atoms with van der Waals surface area (Å²) in [5.41, 5.74) is 2.73. The molecular weight excluding hydrogens is 290 g/mol. The van der Waals surface area contributed by atoms with Crippen LogP contribution < -0.4 is 15.5 Å². The Bertz CT molecular complexity index is 541. The molecule has 0 aromatic heterocycles. The molecule has 1 saturated heterocycles. The quantitative estimate of drug-likeness (QED) is 0.754. The maximum absolute atomic E-state index is 12.2. The molecule has 0 spiro atoms. The molecule has 1 aromatic carbocycles. The normalized spacial score (nSPS) is 17.0. The monoisotopic (exact) mass is 319 g/mol. The lowest BCUT2D eigenvalue weighted by atomic mass is 9.95. The molecule has 1 aromatic rings. The zero-order valence-corrected chi connectivity index (χ0v) is 14.5. The third kappa shape index (κ3) is 4.61. The van der Waals surface area contributed by atoms with E-state index in [0.717, 1.165) is 30.8 Å². The van der Waals surface area contributed by atoms with Crippen LogP contribution >= 0.6 is 0 Å². The Kier molecular flexibility index (Phi) is 5.88.